The van der Waals surface area contributed by atoms with Crippen LogP contribution in [0.2, 0.25) is 0 Å². The fraction of sp³-hybridized carbons (Fsp3) is 0.667. The molecule has 0 N–H and O–H groups in total. The Morgan fingerprint density at radius 3 is 2.22 bits per heavy atom. The van der Waals surface area contributed by atoms with Gasteiger partial charge in [0.25, 0.3) is 5.91 Å². The molecule has 6 heteroatoms. The summed E-state index contributed by atoms with van der Waals surface area (Å²) in [5, 5.41) is 0. The van der Waals surface area contributed by atoms with Crippen molar-refractivity contribution in [1.82, 2.24) is 9.21 Å². The lowest BCUT2D eigenvalue weighted by Crippen LogP contribution is -2.38. The van der Waals surface area contributed by atoms with Crippen LogP contribution in [0.4, 0.5) is 0 Å². The van der Waals surface area contributed by atoms with Crippen molar-refractivity contribution in [3.05, 3.63) is 29.8 Å². The molecule has 1 aromatic carbocycles. The molecular weight excluding hydrogens is 360 g/mol. The summed E-state index contributed by atoms with van der Waals surface area (Å²) in [4.78, 5) is 15.2. The Bertz CT molecular complexity index is 746. The number of piperidine rings is 1. The summed E-state index contributed by atoms with van der Waals surface area (Å²) in [6.45, 7) is 8.42. The summed E-state index contributed by atoms with van der Waals surface area (Å²) in [6, 6.07) is 6.89. The molecule has 1 aromatic rings. The second-order valence-corrected chi connectivity index (χ2v) is 10.5. The van der Waals surface area contributed by atoms with E-state index in [0.29, 0.717) is 36.5 Å². The number of carbonyl (C=O) groups excluding carboxylic acids is 1. The smallest absolute Gasteiger partial charge is 0.254 e. The highest BCUT2D eigenvalue weighted by molar-refractivity contribution is 7.89. The number of hydrogen-bond donors (Lipinski definition) is 0. The summed E-state index contributed by atoms with van der Waals surface area (Å²) in [7, 11) is -3.47. The van der Waals surface area contributed by atoms with E-state index in [9.17, 15) is 13.2 Å². The highest BCUT2D eigenvalue weighted by Crippen LogP contribution is 2.29. The summed E-state index contributed by atoms with van der Waals surface area (Å²) >= 11 is 0. The number of nitrogens with zero attached hydrogens (tertiary/aromatic N) is 2. The zero-order valence-electron chi connectivity index (χ0n) is 16.7. The first-order chi connectivity index (χ1) is 12.8. The lowest BCUT2D eigenvalue weighted by atomic mass is 10.0. The monoisotopic (exact) mass is 392 g/mol. The number of sulfonamides is 1. The average Bonchev–Trinajstić information content (AvgIpc) is 3.47. The molecule has 0 bridgehead atoms. The fourth-order valence-corrected chi connectivity index (χ4v) is 5.01. The maximum Gasteiger partial charge on any atom is 0.254 e. The van der Waals surface area contributed by atoms with Crippen molar-refractivity contribution in [2.45, 2.75) is 63.8 Å². The minimum absolute atomic E-state index is 0.0221. The number of benzene rings is 1. The van der Waals surface area contributed by atoms with Crippen molar-refractivity contribution >= 4 is 15.9 Å². The van der Waals surface area contributed by atoms with Gasteiger partial charge < -0.3 is 4.90 Å². The maximum absolute atomic E-state index is 12.9. The van der Waals surface area contributed by atoms with E-state index in [-0.39, 0.29) is 10.8 Å². The van der Waals surface area contributed by atoms with Gasteiger partial charge in [-0.15, -0.1) is 0 Å². The van der Waals surface area contributed by atoms with E-state index < -0.39 is 10.0 Å². The molecule has 0 radical (unpaired) electrons. The Balaban J connectivity index is 1.71. The van der Waals surface area contributed by atoms with Crippen LogP contribution in [0.3, 0.4) is 0 Å². The van der Waals surface area contributed by atoms with Gasteiger partial charge in [0.05, 0.1) is 4.90 Å². The van der Waals surface area contributed by atoms with E-state index in [4.69, 9.17) is 0 Å². The third-order valence-corrected chi connectivity index (χ3v) is 7.59. The van der Waals surface area contributed by atoms with Crippen molar-refractivity contribution < 1.29 is 13.2 Å². The van der Waals surface area contributed by atoms with Gasteiger partial charge in [0.15, 0.2) is 0 Å². The van der Waals surface area contributed by atoms with Gasteiger partial charge in [-0.2, -0.15) is 4.31 Å². The van der Waals surface area contributed by atoms with E-state index >= 15 is 0 Å². The van der Waals surface area contributed by atoms with Gasteiger partial charge in [0, 0.05) is 31.2 Å². The largest absolute Gasteiger partial charge is 0.336 e. The van der Waals surface area contributed by atoms with Crippen LogP contribution in [0, 0.1) is 11.8 Å². The third kappa shape index (κ3) is 4.91. The number of hydrogen-bond acceptors (Lipinski definition) is 3. The number of rotatable bonds is 7. The van der Waals surface area contributed by atoms with Gasteiger partial charge in [0.1, 0.15) is 0 Å². The van der Waals surface area contributed by atoms with Crippen molar-refractivity contribution in [2.75, 3.05) is 19.6 Å². The van der Waals surface area contributed by atoms with Crippen molar-refractivity contribution in [3.63, 3.8) is 0 Å². The highest BCUT2D eigenvalue weighted by Gasteiger charge is 2.33. The van der Waals surface area contributed by atoms with Crippen LogP contribution < -0.4 is 0 Å². The lowest BCUT2D eigenvalue weighted by molar-refractivity contribution is 0.0735. The molecule has 1 heterocycles. The summed E-state index contributed by atoms with van der Waals surface area (Å²) in [5.74, 6) is 1.16. The molecule has 2 aliphatic rings. The van der Waals surface area contributed by atoms with Crippen LogP contribution >= 0.6 is 0 Å². The number of carbonyl (C=O) groups is 1. The molecule has 27 heavy (non-hydrogen) atoms. The Labute approximate surface area is 163 Å². The minimum atomic E-state index is -3.47. The van der Waals surface area contributed by atoms with E-state index in [1.807, 2.05) is 4.90 Å². The zero-order chi connectivity index (χ0) is 19.6. The van der Waals surface area contributed by atoms with Crippen LogP contribution in [0.5, 0.6) is 0 Å². The predicted octanol–water partition coefficient (Wildman–Crippen LogP) is 3.76. The standard InChI is InChI=1S/C21H32N2O3S/c1-16(2)10-15-23(19-6-7-19)21(24)18-4-8-20(9-5-18)27(25,26)22-13-11-17(3)12-14-22/h4-5,8-9,16-17,19H,6-7,10-15H2,1-3H3. The molecule has 3 rings (SSSR count). The quantitative estimate of drug-likeness (QED) is 0.710. The van der Waals surface area contributed by atoms with Crippen molar-refractivity contribution in [2.24, 2.45) is 11.8 Å². The number of amides is 1. The molecule has 0 unspecified atom stereocenters. The third-order valence-electron chi connectivity index (χ3n) is 5.68. The van der Waals surface area contributed by atoms with E-state index in [1.165, 1.54) is 0 Å². The van der Waals surface area contributed by atoms with Crippen LogP contribution in [-0.4, -0.2) is 49.2 Å². The maximum atomic E-state index is 12.9. The average molecular weight is 393 g/mol. The second-order valence-electron chi connectivity index (χ2n) is 8.52. The molecule has 0 spiro atoms. The molecule has 2 fully saturated rings. The first-order valence-electron chi connectivity index (χ1n) is 10.2. The van der Waals surface area contributed by atoms with Crippen molar-refractivity contribution in [1.29, 1.82) is 0 Å². The van der Waals surface area contributed by atoms with Crippen LogP contribution in [0.25, 0.3) is 0 Å². The second kappa shape index (κ2) is 8.31. The molecule has 5 nitrogen and oxygen atoms in total. The highest BCUT2D eigenvalue weighted by atomic mass is 32.2. The fourth-order valence-electron chi connectivity index (χ4n) is 3.54. The van der Waals surface area contributed by atoms with E-state index in [1.54, 1.807) is 28.6 Å². The zero-order valence-corrected chi connectivity index (χ0v) is 17.5. The van der Waals surface area contributed by atoms with Gasteiger partial charge in [-0.3, -0.25) is 4.79 Å². The molecule has 1 amide bonds. The van der Waals surface area contributed by atoms with Gasteiger partial charge in [-0.1, -0.05) is 20.8 Å². The summed E-state index contributed by atoms with van der Waals surface area (Å²) < 4.78 is 27.2. The molecule has 1 aliphatic heterocycles. The lowest BCUT2D eigenvalue weighted by Gasteiger charge is -2.29. The van der Waals surface area contributed by atoms with Gasteiger partial charge in [0.2, 0.25) is 10.0 Å². The van der Waals surface area contributed by atoms with Gasteiger partial charge in [-0.25, -0.2) is 8.42 Å². The van der Waals surface area contributed by atoms with Crippen molar-refractivity contribution in [3.8, 4) is 0 Å². The van der Waals surface area contributed by atoms with E-state index in [0.717, 1.165) is 38.6 Å². The van der Waals surface area contributed by atoms with E-state index in [2.05, 4.69) is 20.8 Å². The van der Waals surface area contributed by atoms with Gasteiger partial charge >= 0.3 is 0 Å². The predicted molar refractivity (Wildman–Crippen MR) is 107 cm³/mol. The molecule has 0 aromatic heterocycles. The molecular formula is C21H32N2O3S. The topological polar surface area (TPSA) is 57.7 Å². The molecule has 1 saturated heterocycles. The normalized spacial score (nSPS) is 19.4. The molecule has 150 valence electrons. The Hall–Kier alpha value is -1.40. The van der Waals surface area contributed by atoms with Crippen LogP contribution in [-0.2, 0) is 10.0 Å². The molecule has 1 saturated carbocycles. The minimum Gasteiger partial charge on any atom is -0.336 e. The Kier molecular flexibility index (Phi) is 6.26. The first-order valence-corrected chi connectivity index (χ1v) is 11.6. The Morgan fingerprint density at radius 1 is 1.11 bits per heavy atom. The molecule has 1 aliphatic carbocycles. The molecule has 0 atom stereocenters. The van der Waals surface area contributed by atoms with Crippen LogP contribution in [0.15, 0.2) is 29.2 Å². The first kappa shape index (κ1) is 20.3. The summed E-state index contributed by atoms with van der Waals surface area (Å²) in [5.41, 5.74) is 0.580. The Morgan fingerprint density at radius 2 is 1.70 bits per heavy atom. The van der Waals surface area contributed by atoms with Gasteiger partial charge in [-0.05, 0) is 68.2 Å². The summed E-state index contributed by atoms with van der Waals surface area (Å²) in [6.07, 6.45) is 4.94. The van der Waals surface area contributed by atoms with Crippen LogP contribution in [0.1, 0.15) is 63.2 Å². The SMILES string of the molecule is CC(C)CCN(C(=O)c1ccc(S(=O)(=O)N2CCC(C)CC2)cc1)C1CC1.